The summed E-state index contributed by atoms with van der Waals surface area (Å²) in [7, 11) is 1.62. The lowest BCUT2D eigenvalue weighted by molar-refractivity contribution is 0.0471. The summed E-state index contributed by atoms with van der Waals surface area (Å²) in [5.74, 6) is -1.69. The number of ketones is 1. The molecule has 0 fully saturated rings. The predicted molar refractivity (Wildman–Crippen MR) is 112 cm³/mol. The molecule has 0 saturated carbocycles. The molecule has 2 aromatic carbocycles. The number of rotatable bonds is 7. The van der Waals surface area contributed by atoms with Crippen LogP contribution in [0.1, 0.15) is 45.1 Å². The van der Waals surface area contributed by atoms with Crippen LogP contribution in [0.3, 0.4) is 0 Å². The summed E-state index contributed by atoms with van der Waals surface area (Å²) >= 11 is 0. The van der Waals surface area contributed by atoms with Gasteiger partial charge in [-0.1, -0.05) is 24.3 Å². The van der Waals surface area contributed by atoms with Gasteiger partial charge in [0.1, 0.15) is 17.1 Å². The second-order valence-electron chi connectivity index (χ2n) is 7.30. The number of carbonyl (C=O) groups excluding carboxylic acids is 2. The summed E-state index contributed by atoms with van der Waals surface area (Å²) in [6, 6.07) is 9.56. The molecule has 0 aliphatic carbocycles. The third kappa shape index (κ3) is 3.89. The molecule has 7 heteroatoms. The molecular formula is C23H25NO6. The van der Waals surface area contributed by atoms with Gasteiger partial charge < -0.3 is 24.3 Å². The maximum atomic E-state index is 12.7. The van der Waals surface area contributed by atoms with E-state index >= 15 is 0 Å². The molecule has 0 amide bonds. The molecule has 1 heterocycles. The van der Waals surface area contributed by atoms with E-state index in [1.54, 1.807) is 37.4 Å². The number of aromatic nitrogens is 1. The summed E-state index contributed by atoms with van der Waals surface area (Å²) in [4.78, 5) is 25.2. The summed E-state index contributed by atoms with van der Waals surface area (Å²) in [6.07, 6.45) is 0. The highest BCUT2D eigenvalue weighted by atomic mass is 16.5. The topological polar surface area (TPSA) is 98.0 Å². The molecular weight excluding hydrogens is 386 g/mol. The maximum absolute atomic E-state index is 12.7. The number of esters is 1. The average molecular weight is 411 g/mol. The van der Waals surface area contributed by atoms with Gasteiger partial charge in [-0.3, -0.25) is 4.79 Å². The number of aryl methyl sites for hydroxylation is 1. The van der Waals surface area contributed by atoms with Crippen LogP contribution < -0.4 is 0 Å². The Morgan fingerprint density at radius 1 is 1.07 bits per heavy atom. The molecule has 7 nitrogen and oxygen atoms in total. The number of fused-ring (bicyclic) bond motifs is 1. The Morgan fingerprint density at radius 3 is 2.40 bits per heavy atom. The predicted octanol–water partition coefficient (Wildman–Crippen LogP) is 3.92. The molecule has 30 heavy (non-hydrogen) atoms. The first kappa shape index (κ1) is 21.4. The first-order valence-electron chi connectivity index (χ1n) is 9.57. The second-order valence-corrected chi connectivity index (χ2v) is 7.30. The zero-order chi connectivity index (χ0) is 22.0. The number of methoxy groups -OCH3 is 1. The number of Topliss-reactive ketones (excluding diaryl/α,β-unsaturated/α-hetero) is 1. The molecule has 0 spiro atoms. The summed E-state index contributed by atoms with van der Waals surface area (Å²) in [5.41, 5.74) is 1.94. The molecule has 3 aromatic rings. The van der Waals surface area contributed by atoms with E-state index < -0.39 is 12.6 Å². The van der Waals surface area contributed by atoms with Crippen LogP contribution in [0.5, 0.6) is 11.5 Å². The largest absolute Gasteiger partial charge is 0.507 e. The van der Waals surface area contributed by atoms with E-state index in [9.17, 15) is 19.8 Å². The van der Waals surface area contributed by atoms with Crippen molar-refractivity contribution in [2.24, 2.45) is 0 Å². The Bertz CT molecular complexity index is 1110. The van der Waals surface area contributed by atoms with Crippen LogP contribution >= 0.6 is 0 Å². The minimum Gasteiger partial charge on any atom is -0.507 e. The van der Waals surface area contributed by atoms with Crippen LogP contribution in [0.2, 0.25) is 0 Å². The Labute approximate surface area is 174 Å². The smallest absolute Gasteiger partial charge is 0.342 e. The number of nitrogens with zero attached hydrogens (tertiary/aromatic N) is 1. The molecule has 0 aliphatic rings. The molecule has 2 N–H and O–H groups in total. The zero-order valence-corrected chi connectivity index (χ0v) is 17.4. The first-order chi connectivity index (χ1) is 14.3. The minimum absolute atomic E-state index is 0.0524. The van der Waals surface area contributed by atoms with Crippen LogP contribution in [0.25, 0.3) is 10.8 Å². The van der Waals surface area contributed by atoms with Gasteiger partial charge in [0.2, 0.25) is 5.78 Å². The van der Waals surface area contributed by atoms with Gasteiger partial charge in [0.15, 0.2) is 6.61 Å². The molecule has 158 valence electrons. The number of benzene rings is 2. The average Bonchev–Trinajstić information content (AvgIpc) is 3.03. The molecule has 0 unspecified atom stereocenters. The Morgan fingerprint density at radius 2 is 1.73 bits per heavy atom. The van der Waals surface area contributed by atoms with Crippen LogP contribution in [0.15, 0.2) is 36.4 Å². The van der Waals surface area contributed by atoms with Crippen molar-refractivity contribution in [1.29, 1.82) is 0 Å². The molecule has 0 saturated heterocycles. The Hall–Kier alpha value is -3.32. The number of hydrogen-bond donors (Lipinski definition) is 2. The fraction of sp³-hybridized carbons (Fsp3) is 0.304. The number of carbonyl (C=O) groups is 2. The number of aromatic hydroxyl groups is 2. The van der Waals surface area contributed by atoms with E-state index in [0.717, 1.165) is 17.5 Å². The van der Waals surface area contributed by atoms with Crippen molar-refractivity contribution in [1.82, 2.24) is 4.57 Å². The number of phenolic OH excluding ortho intramolecular Hbond substituents is 2. The first-order valence-corrected chi connectivity index (χ1v) is 9.57. The van der Waals surface area contributed by atoms with Gasteiger partial charge in [-0.15, -0.1) is 0 Å². The van der Waals surface area contributed by atoms with Gasteiger partial charge in [-0.25, -0.2) is 4.79 Å². The molecule has 0 aliphatic heterocycles. The lowest BCUT2D eigenvalue weighted by Gasteiger charge is -2.17. The molecule has 1 aromatic heterocycles. The highest BCUT2D eigenvalue weighted by molar-refractivity contribution is 6.05. The fourth-order valence-electron chi connectivity index (χ4n) is 3.84. The lowest BCUT2D eigenvalue weighted by atomic mass is 10.0. The Balaban J connectivity index is 1.79. The monoisotopic (exact) mass is 411 g/mol. The third-order valence-corrected chi connectivity index (χ3v) is 5.18. The summed E-state index contributed by atoms with van der Waals surface area (Å²) in [5, 5.41) is 21.3. The third-order valence-electron chi connectivity index (χ3n) is 5.18. The molecule has 0 radical (unpaired) electrons. The van der Waals surface area contributed by atoms with E-state index in [2.05, 4.69) is 0 Å². The van der Waals surface area contributed by atoms with Gasteiger partial charge in [-0.2, -0.15) is 0 Å². The van der Waals surface area contributed by atoms with Crippen LogP contribution in [0.4, 0.5) is 0 Å². The minimum atomic E-state index is -0.886. The van der Waals surface area contributed by atoms with Gasteiger partial charge in [0.25, 0.3) is 0 Å². The summed E-state index contributed by atoms with van der Waals surface area (Å²) < 4.78 is 12.4. The van der Waals surface area contributed by atoms with Crippen molar-refractivity contribution in [3.05, 3.63) is 58.9 Å². The second kappa shape index (κ2) is 8.59. The highest BCUT2D eigenvalue weighted by Crippen LogP contribution is 2.35. The normalized spacial score (nSPS) is 12.1. The van der Waals surface area contributed by atoms with Crippen molar-refractivity contribution < 1.29 is 29.3 Å². The SMILES string of the molecule is COC[C@H](C)n1c(C)cc(C(=O)COC(=O)c2cc(O)c3ccccc3c2O)c1C. The van der Waals surface area contributed by atoms with E-state index in [0.29, 0.717) is 22.9 Å². The molecule has 0 bridgehead atoms. The number of ether oxygens (including phenoxy) is 2. The number of hydrogen-bond acceptors (Lipinski definition) is 6. The van der Waals surface area contributed by atoms with Crippen molar-refractivity contribution in [2.45, 2.75) is 26.8 Å². The van der Waals surface area contributed by atoms with E-state index in [1.165, 1.54) is 0 Å². The van der Waals surface area contributed by atoms with Crippen LogP contribution in [-0.4, -0.2) is 46.9 Å². The van der Waals surface area contributed by atoms with Gasteiger partial charge >= 0.3 is 5.97 Å². The highest BCUT2D eigenvalue weighted by Gasteiger charge is 2.22. The molecule has 1 atom stereocenters. The summed E-state index contributed by atoms with van der Waals surface area (Å²) in [6.45, 7) is 5.75. The Kier molecular flexibility index (Phi) is 6.12. The quantitative estimate of drug-likeness (QED) is 0.347. The van der Waals surface area contributed by atoms with Gasteiger partial charge in [0, 0.05) is 34.8 Å². The van der Waals surface area contributed by atoms with Gasteiger partial charge in [-0.05, 0) is 32.9 Å². The van der Waals surface area contributed by atoms with E-state index in [4.69, 9.17) is 9.47 Å². The van der Waals surface area contributed by atoms with E-state index in [1.807, 2.05) is 25.3 Å². The fourth-order valence-corrected chi connectivity index (χ4v) is 3.84. The van der Waals surface area contributed by atoms with Crippen LogP contribution in [-0.2, 0) is 9.47 Å². The number of phenols is 2. The zero-order valence-electron chi connectivity index (χ0n) is 17.4. The van der Waals surface area contributed by atoms with Crippen molar-refractivity contribution in [3.63, 3.8) is 0 Å². The van der Waals surface area contributed by atoms with Crippen LogP contribution in [0, 0.1) is 13.8 Å². The standard InChI is InChI=1S/C23H25NO6/c1-13-9-18(15(3)24(13)14(2)11-29-4)21(26)12-30-23(28)19-10-20(25)16-7-5-6-8-17(16)22(19)27/h5-10,14,25,27H,11-12H2,1-4H3/t14-/m0/s1. The van der Waals surface area contributed by atoms with Gasteiger partial charge in [0.05, 0.1) is 12.6 Å². The molecule has 3 rings (SSSR count). The van der Waals surface area contributed by atoms with Crippen molar-refractivity contribution >= 4 is 22.5 Å². The maximum Gasteiger partial charge on any atom is 0.342 e. The lowest BCUT2D eigenvalue weighted by Crippen LogP contribution is -2.17. The van der Waals surface area contributed by atoms with Crippen molar-refractivity contribution in [2.75, 3.05) is 20.3 Å². The van der Waals surface area contributed by atoms with Crippen molar-refractivity contribution in [3.8, 4) is 11.5 Å². The van der Waals surface area contributed by atoms with E-state index in [-0.39, 0.29) is 28.9 Å².